The van der Waals surface area contributed by atoms with Crippen molar-refractivity contribution in [3.63, 3.8) is 0 Å². The summed E-state index contributed by atoms with van der Waals surface area (Å²) >= 11 is 0. The number of aromatic nitrogens is 3. The zero-order chi connectivity index (χ0) is 19.2. The second-order valence-corrected chi connectivity index (χ2v) is 6.87. The van der Waals surface area contributed by atoms with Crippen LogP contribution in [-0.2, 0) is 0 Å². The van der Waals surface area contributed by atoms with Crippen molar-refractivity contribution in [2.75, 3.05) is 25.0 Å². The molecule has 1 fully saturated rings. The van der Waals surface area contributed by atoms with Crippen LogP contribution in [0.3, 0.4) is 0 Å². The van der Waals surface area contributed by atoms with Gasteiger partial charge in [0.15, 0.2) is 0 Å². The van der Waals surface area contributed by atoms with E-state index in [0.717, 1.165) is 42.7 Å². The minimum atomic E-state index is 0.546. The van der Waals surface area contributed by atoms with Crippen molar-refractivity contribution in [3.8, 4) is 22.9 Å². The number of H-pyrrole nitrogens is 1. The van der Waals surface area contributed by atoms with Gasteiger partial charge in [-0.3, -0.25) is 5.10 Å². The third-order valence-electron chi connectivity index (χ3n) is 4.90. The first-order valence-corrected chi connectivity index (χ1v) is 9.42. The second kappa shape index (κ2) is 8.55. The van der Waals surface area contributed by atoms with Crippen LogP contribution in [0.25, 0.3) is 11.1 Å². The van der Waals surface area contributed by atoms with Gasteiger partial charge in [0, 0.05) is 12.4 Å². The van der Waals surface area contributed by atoms with Gasteiger partial charge in [-0.25, -0.2) is 4.98 Å². The maximum Gasteiger partial charge on any atom is 0.137 e. The lowest BCUT2D eigenvalue weighted by Gasteiger charge is -2.23. The Morgan fingerprint density at radius 2 is 2.04 bits per heavy atom. The number of anilines is 2. The third-order valence-corrected chi connectivity index (χ3v) is 4.90. The van der Waals surface area contributed by atoms with Crippen LogP contribution in [0.15, 0.2) is 48.9 Å². The molecule has 28 heavy (non-hydrogen) atoms. The number of hydrogen-bond donors (Lipinski definition) is 3. The number of benzene rings is 1. The first-order valence-electron chi connectivity index (χ1n) is 9.42. The monoisotopic (exact) mass is 374 g/mol. The number of rotatable bonds is 6. The van der Waals surface area contributed by atoms with E-state index in [9.17, 15) is 5.26 Å². The van der Waals surface area contributed by atoms with Crippen LogP contribution >= 0.6 is 0 Å². The Morgan fingerprint density at radius 1 is 1.18 bits per heavy atom. The Labute approximate surface area is 163 Å². The molecular weight excluding hydrogens is 352 g/mol. The predicted octanol–water partition coefficient (Wildman–Crippen LogP) is 3.47. The number of aromatic amines is 1. The van der Waals surface area contributed by atoms with Crippen molar-refractivity contribution < 1.29 is 4.74 Å². The fourth-order valence-electron chi connectivity index (χ4n) is 3.32. The van der Waals surface area contributed by atoms with E-state index in [1.807, 2.05) is 30.3 Å². The Bertz CT molecular complexity index is 957. The topological polar surface area (TPSA) is 98.7 Å². The van der Waals surface area contributed by atoms with Crippen molar-refractivity contribution in [1.82, 2.24) is 20.5 Å². The van der Waals surface area contributed by atoms with E-state index in [2.05, 4.69) is 31.9 Å². The molecule has 7 nitrogen and oxygen atoms in total. The third kappa shape index (κ3) is 4.30. The number of nitriles is 1. The Balaban J connectivity index is 1.50. The molecule has 1 aliphatic rings. The fraction of sp³-hybridized carbons (Fsp3) is 0.286. The molecule has 0 radical (unpaired) electrons. The first-order chi connectivity index (χ1) is 13.8. The molecule has 1 aliphatic heterocycles. The van der Waals surface area contributed by atoms with Crippen LogP contribution in [0.1, 0.15) is 18.4 Å². The predicted molar refractivity (Wildman–Crippen MR) is 107 cm³/mol. The molecule has 3 aromatic rings. The summed E-state index contributed by atoms with van der Waals surface area (Å²) in [6, 6.07) is 11.9. The highest BCUT2D eigenvalue weighted by molar-refractivity contribution is 5.70. The van der Waals surface area contributed by atoms with Gasteiger partial charge >= 0.3 is 0 Å². The van der Waals surface area contributed by atoms with Gasteiger partial charge in [0.2, 0.25) is 0 Å². The van der Waals surface area contributed by atoms with Gasteiger partial charge in [0.1, 0.15) is 17.6 Å². The summed E-state index contributed by atoms with van der Waals surface area (Å²) in [7, 11) is 0. The minimum absolute atomic E-state index is 0.546. The Morgan fingerprint density at radius 3 is 2.82 bits per heavy atom. The van der Waals surface area contributed by atoms with Crippen LogP contribution in [0, 0.1) is 17.2 Å². The van der Waals surface area contributed by atoms with Crippen molar-refractivity contribution in [3.05, 3.63) is 54.5 Å². The average Bonchev–Trinajstić information content (AvgIpc) is 3.26. The molecule has 0 saturated carbocycles. The molecule has 0 bridgehead atoms. The molecule has 0 atom stereocenters. The highest BCUT2D eigenvalue weighted by Crippen LogP contribution is 2.28. The van der Waals surface area contributed by atoms with Crippen LogP contribution in [0.2, 0.25) is 0 Å². The highest BCUT2D eigenvalue weighted by Gasteiger charge is 2.15. The molecule has 0 unspecified atom stereocenters. The average molecular weight is 374 g/mol. The van der Waals surface area contributed by atoms with E-state index in [-0.39, 0.29) is 0 Å². The number of nitrogens with zero attached hydrogens (tertiary/aromatic N) is 3. The molecule has 0 spiro atoms. The van der Waals surface area contributed by atoms with Gasteiger partial charge in [-0.05, 0) is 67.2 Å². The molecule has 3 N–H and O–H groups in total. The van der Waals surface area contributed by atoms with E-state index in [0.29, 0.717) is 29.7 Å². The summed E-state index contributed by atoms with van der Waals surface area (Å²) < 4.78 is 5.97. The maximum atomic E-state index is 9.58. The molecule has 3 heterocycles. The molecule has 2 aromatic heterocycles. The fourth-order valence-corrected chi connectivity index (χ4v) is 3.32. The van der Waals surface area contributed by atoms with Gasteiger partial charge in [0.05, 0.1) is 24.1 Å². The van der Waals surface area contributed by atoms with Crippen molar-refractivity contribution >= 4 is 11.5 Å². The summed E-state index contributed by atoms with van der Waals surface area (Å²) in [5, 5.41) is 22.8. The number of hydrogen-bond acceptors (Lipinski definition) is 6. The van der Waals surface area contributed by atoms with E-state index in [4.69, 9.17) is 4.74 Å². The van der Waals surface area contributed by atoms with Crippen LogP contribution < -0.4 is 15.4 Å². The minimum Gasteiger partial charge on any atom is -0.492 e. The molecule has 1 aromatic carbocycles. The lowest BCUT2D eigenvalue weighted by atomic mass is 9.99. The van der Waals surface area contributed by atoms with Crippen molar-refractivity contribution in [2.45, 2.75) is 12.8 Å². The number of ether oxygens (including phenoxy) is 1. The van der Waals surface area contributed by atoms with Crippen LogP contribution in [0.4, 0.5) is 11.5 Å². The van der Waals surface area contributed by atoms with Gasteiger partial charge in [-0.1, -0.05) is 6.07 Å². The second-order valence-electron chi connectivity index (χ2n) is 6.87. The van der Waals surface area contributed by atoms with Gasteiger partial charge in [0.25, 0.3) is 0 Å². The molecule has 142 valence electrons. The molecule has 4 rings (SSSR count). The molecule has 1 saturated heterocycles. The van der Waals surface area contributed by atoms with Crippen molar-refractivity contribution in [1.29, 1.82) is 5.26 Å². The zero-order valence-electron chi connectivity index (χ0n) is 15.5. The highest BCUT2D eigenvalue weighted by atomic mass is 16.5. The first kappa shape index (κ1) is 18.0. The summed E-state index contributed by atoms with van der Waals surface area (Å²) in [6.07, 6.45) is 7.42. The van der Waals surface area contributed by atoms with Gasteiger partial charge < -0.3 is 15.4 Å². The van der Waals surface area contributed by atoms with Crippen LogP contribution in [-0.4, -0.2) is 34.9 Å². The van der Waals surface area contributed by atoms with E-state index < -0.39 is 0 Å². The lowest BCUT2D eigenvalue weighted by Crippen LogP contribution is -2.30. The SMILES string of the molecule is N#Cc1cc(-c2ccnc(Nc3cn[nH]c3)c2)ccc1OCC1CCNCC1. The normalized spacial score (nSPS) is 14.4. The summed E-state index contributed by atoms with van der Waals surface area (Å²) in [4.78, 5) is 4.33. The standard InChI is InChI=1S/C21H22N6O/c22-11-18-9-16(1-2-20(18)28-14-15-3-6-23-7-4-15)17-5-8-24-21(10-17)27-19-12-25-26-13-19/h1-2,5,8-10,12-13,15,23H,3-4,6-7,14H2,(H,24,27)(H,25,26). The Hall–Kier alpha value is -3.37. The summed E-state index contributed by atoms with van der Waals surface area (Å²) in [5.74, 6) is 1.91. The molecule has 0 aliphatic carbocycles. The lowest BCUT2D eigenvalue weighted by molar-refractivity contribution is 0.215. The van der Waals surface area contributed by atoms with Crippen molar-refractivity contribution in [2.24, 2.45) is 5.92 Å². The molecular formula is C21H22N6O. The van der Waals surface area contributed by atoms with E-state index >= 15 is 0 Å². The van der Waals surface area contributed by atoms with E-state index in [1.54, 1.807) is 18.6 Å². The zero-order valence-corrected chi connectivity index (χ0v) is 15.5. The number of piperidine rings is 1. The number of nitrogens with one attached hydrogen (secondary N) is 3. The molecule has 7 heteroatoms. The largest absolute Gasteiger partial charge is 0.492 e. The molecule has 0 amide bonds. The van der Waals surface area contributed by atoms with E-state index in [1.165, 1.54) is 0 Å². The summed E-state index contributed by atoms with van der Waals surface area (Å²) in [6.45, 7) is 2.73. The quantitative estimate of drug-likeness (QED) is 0.611. The van der Waals surface area contributed by atoms with Crippen LogP contribution in [0.5, 0.6) is 5.75 Å². The van der Waals surface area contributed by atoms with Gasteiger partial charge in [-0.2, -0.15) is 10.4 Å². The Kier molecular flexibility index (Phi) is 5.50. The maximum absolute atomic E-state index is 9.58. The smallest absolute Gasteiger partial charge is 0.137 e. The summed E-state index contributed by atoms with van der Waals surface area (Å²) in [5.41, 5.74) is 3.31. The van der Waals surface area contributed by atoms with Gasteiger partial charge in [-0.15, -0.1) is 0 Å². The number of pyridine rings is 1.